The van der Waals surface area contributed by atoms with Gasteiger partial charge in [-0.25, -0.2) is 0 Å². The van der Waals surface area contributed by atoms with E-state index in [2.05, 4.69) is 62.2 Å². The van der Waals surface area contributed by atoms with Crippen molar-refractivity contribution < 1.29 is 0 Å². The Balaban J connectivity index is 2.25. The van der Waals surface area contributed by atoms with Crippen molar-refractivity contribution in [3.05, 3.63) is 29.8 Å². The van der Waals surface area contributed by atoms with E-state index in [1.54, 1.807) is 0 Å². The normalized spacial score (nSPS) is 25.4. The number of hydrogen-bond donors (Lipinski definition) is 1. The molecule has 0 amide bonds. The molecular weight excluding hydrogens is 208 g/mol. The van der Waals surface area contributed by atoms with E-state index in [9.17, 15) is 0 Å². The van der Waals surface area contributed by atoms with E-state index in [1.165, 1.54) is 11.3 Å². The van der Waals surface area contributed by atoms with Crippen molar-refractivity contribution in [1.82, 2.24) is 5.32 Å². The fourth-order valence-corrected chi connectivity index (χ4v) is 2.63. The first kappa shape index (κ1) is 12.4. The fraction of sp³-hybridized carbons (Fsp3) is 0.600. The predicted octanol–water partition coefficient (Wildman–Crippen LogP) is 2.82. The molecule has 1 aromatic carbocycles. The van der Waals surface area contributed by atoms with Gasteiger partial charge in [0, 0.05) is 30.9 Å². The average Bonchev–Trinajstić information content (AvgIpc) is 2.28. The molecule has 2 rings (SSSR count). The monoisotopic (exact) mass is 232 g/mol. The Bertz CT molecular complexity index is 373. The third-order valence-corrected chi connectivity index (χ3v) is 3.65. The highest BCUT2D eigenvalue weighted by Gasteiger charge is 2.28. The molecule has 94 valence electrons. The van der Waals surface area contributed by atoms with E-state index in [4.69, 9.17) is 0 Å². The molecule has 0 bridgehead atoms. The summed E-state index contributed by atoms with van der Waals surface area (Å²) in [6, 6.07) is 10.0. The van der Waals surface area contributed by atoms with Gasteiger partial charge in [-0.05, 0) is 37.5 Å². The van der Waals surface area contributed by atoms with Crippen molar-refractivity contribution in [2.24, 2.45) is 5.92 Å². The van der Waals surface area contributed by atoms with Crippen LogP contribution in [0.4, 0.5) is 5.69 Å². The number of nitrogens with one attached hydrogen (secondary N) is 1. The molecule has 2 nitrogen and oxygen atoms in total. The van der Waals surface area contributed by atoms with Gasteiger partial charge in [0.05, 0.1) is 0 Å². The summed E-state index contributed by atoms with van der Waals surface area (Å²) in [5.41, 5.74) is 2.72. The third kappa shape index (κ3) is 2.81. The van der Waals surface area contributed by atoms with Crippen molar-refractivity contribution in [1.29, 1.82) is 0 Å². The molecule has 1 aliphatic heterocycles. The minimum Gasteiger partial charge on any atom is -0.365 e. The highest BCUT2D eigenvalue weighted by atomic mass is 15.2. The van der Waals surface area contributed by atoms with Crippen molar-refractivity contribution in [3.8, 4) is 0 Å². The van der Waals surface area contributed by atoms with Crippen LogP contribution >= 0.6 is 0 Å². The van der Waals surface area contributed by atoms with Crippen LogP contribution in [0.25, 0.3) is 0 Å². The number of anilines is 1. The Morgan fingerprint density at radius 1 is 1.35 bits per heavy atom. The number of rotatable bonds is 2. The number of aryl methyl sites for hydroxylation is 1. The molecule has 2 atom stereocenters. The summed E-state index contributed by atoms with van der Waals surface area (Å²) < 4.78 is 0. The smallest absolute Gasteiger partial charge is 0.0438 e. The summed E-state index contributed by atoms with van der Waals surface area (Å²) >= 11 is 0. The zero-order valence-corrected chi connectivity index (χ0v) is 11.4. The zero-order chi connectivity index (χ0) is 12.4. The minimum atomic E-state index is 0.575. The summed E-state index contributed by atoms with van der Waals surface area (Å²) in [5, 5.41) is 3.59. The highest BCUT2D eigenvalue weighted by Crippen LogP contribution is 2.24. The van der Waals surface area contributed by atoms with Crippen LogP contribution in [0, 0.1) is 12.8 Å². The van der Waals surface area contributed by atoms with Crippen molar-refractivity contribution in [2.45, 2.75) is 39.8 Å². The molecular formula is C15H24N2. The van der Waals surface area contributed by atoms with Gasteiger partial charge in [-0.1, -0.05) is 26.0 Å². The Hall–Kier alpha value is -1.02. The average molecular weight is 232 g/mol. The van der Waals surface area contributed by atoms with Crippen molar-refractivity contribution in [2.75, 3.05) is 18.0 Å². The molecule has 17 heavy (non-hydrogen) atoms. The molecule has 0 aromatic heterocycles. The lowest BCUT2D eigenvalue weighted by molar-refractivity contribution is 0.349. The van der Waals surface area contributed by atoms with Crippen LogP contribution in [0.1, 0.15) is 26.3 Å². The molecule has 2 heteroatoms. The Morgan fingerprint density at radius 3 is 2.76 bits per heavy atom. The van der Waals surface area contributed by atoms with Gasteiger partial charge in [0.2, 0.25) is 0 Å². The molecule has 2 unspecified atom stereocenters. The minimum absolute atomic E-state index is 0.575. The topological polar surface area (TPSA) is 15.3 Å². The first-order valence-electron chi connectivity index (χ1n) is 6.64. The number of benzene rings is 1. The maximum Gasteiger partial charge on any atom is 0.0438 e. The largest absolute Gasteiger partial charge is 0.365 e. The van der Waals surface area contributed by atoms with Gasteiger partial charge in [0.25, 0.3) is 0 Å². The summed E-state index contributed by atoms with van der Waals surface area (Å²) in [5.74, 6) is 0.676. The summed E-state index contributed by atoms with van der Waals surface area (Å²) in [4.78, 5) is 2.57. The zero-order valence-electron chi connectivity index (χ0n) is 11.4. The second-order valence-electron chi connectivity index (χ2n) is 5.61. The first-order chi connectivity index (χ1) is 8.08. The Kier molecular flexibility index (Phi) is 3.72. The quantitative estimate of drug-likeness (QED) is 0.843. The molecule has 1 heterocycles. The lowest BCUT2D eigenvalue weighted by atomic mass is 9.97. The van der Waals surface area contributed by atoms with Crippen molar-refractivity contribution >= 4 is 5.69 Å². The van der Waals surface area contributed by atoms with Crippen molar-refractivity contribution in [3.63, 3.8) is 0 Å². The summed E-state index contributed by atoms with van der Waals surface area (Å²) in [7, 11) is 0. The van der Waals surface area contributed by atoms with Gasteiger partial charge < -0.3 is 10.2 Å². The molecule has 1 saturated heterocycles. The molecule has 1 fully saturated rings. The van der Waals surface area contributed by atoms with E-state index < -0.39 is 0 Å². The van der Waals surface area contributed by atoms with Gasteiger partial charge in [-0.15, -0.1) is 0 Å². The van der Waals surface area contributed by atoms with Gasteiger partial charge in [0.1, 0.15) is 0 Å². The van der Waals surface area contributed by atoms with E-state index in [1.807, 2.05) is 0 Å². The fourth-order valence-electron chi connectivity index (χ4n) is 2.63. The lowest BCUT2D eigenvalue weighted by Gasteiger charge is -2.43. The molecule has 1 N–H and O–H groups in total. The summed E-state index contributed by atoms with van der Waals surface area (Å²) in [6.07, 6.45) is 0. The lowest BCUT2D eigenvalue weighted by Crippen LogP contribution is -2.57. The van der Waals surface area contributed by atoms with Gasteiger partial charge in [-0.2, -0.15) is 0 Å². The molecule has 1 aromatic rings. The third-order valence-electron chi connectivity index (χ3n) is 3.65. The number of nitrogens with zero attached hydrogens (tertiary/aromatic N) is 1. The van der Waals surface area contributed by atoms with E-state index in [-0.39, 0.29) is 0 Å². The van der Waals surface area contributed by atoms with E-state index in [0.29, 0.717) is 18.0 Å². The highest BCUT2D eigenvalue weighted by molar-refractivity contribution is 5.50. The van der Waals surface area contributed by atoms with E-state index >= 15 is 0 Å². The van der Waals surface area contributed by atoms with Crippen LogP contribution in [0.3, 0.4) is 0 Å². The molecule has 0 saturated carbocycles. The van der Waals surface area contributed by atoms with Crippen LogP contribution in [-0.2, 0) is 0 Å². The molecule has 0 radical (unpaired) electrons. The maximum absolute atomic E-state index is 3.59. The van der Waals surface area contributed by atoms with E-state index in [0.717, 1.165) is 13.1 Å². The van der Waals surface area contributed by atoms with Gasteiger partial charge in [-0.3, -0.25) is 0 Å². The van der Waals surface area contributed by atoms with Gasteiger partial charge >= 0.3 is 0 Å². The van der Waals surface area contributed by atoms with Gasteiger partial charge in [0.15, 0.2) is 0 Å². The number of piperazine rings is 1. The second-order valence-corrected chi connectivity index (χ2v) is 5.61. The first-order valence-corrected chi connectivity index (χ1v) is 6.64. The van der Waals surface area contributed by atoms with Crippen LogP contribution in [-0.4, -0.2) is 25.2 Å². The van der Waals surface area contributed by atoms with Crippen LogP contribution in [0.2, 0.25) is 0 Å². The summed E-state index contributed by atoms with van der Waals surface area (Å²) in [6.45, 7) is 11.2. The molecule has 1 aliphatic rings. The molecule has 0 spiro atoms. The molecule has 0 aliphatic carbocycles. The van der Waals surface area contributed by atoms with Crippen LogP contribution in [0.15, 0.2) is 24.3 Å². The second kappa shape index (κ2) is 5.09. The standard InChI is InChI=1S/C15H24N2/c1-11(2)15-9-16-13(4)10-17(15)14-7-5-6-12(3)8-14/h5-8,11,13,15-16H,9-10H2,1-4H3. The SMILES string of the molecule is Cc1cccc(N2CC(C)NCC2C(C)C)c1. The predicted molar refractivity (Wildman–Crippen MR) is 74.6 cm³/mol. The van der Waals surface area contributed by atoms with Crippen LogP contribution < -0.4 is 10.2 Å². The number of hydrogen-bond acceptors (Lipinski definition) is 2. The Morgan fingerprint density at radius 2 is 2.12 bits per heavy atom. The van der Waals surface area contributed by atoms with Crippen LogP contribution in [0.5, 0.6) is 0 Å². The maximum atomic E-state index is 3.59. The Labute approximate surface area is 105 Å².